The predicted molar refractivity (Wildman–Crippen MR) is 98.9 cm³/mol. The van der Waals surface area contributed by atoms with E-state index in [9.17, 15) is 5.11 Å². The van der Waals surface area contributed by atoms with Crippen LogP contribution in [-0.2, 0) is 6.54 Å². The van der Waals surface area contributed by atoms with E-state index in [4.69, 9.17) is 4.99 Å². The second-order valence-electron chi connectivity index (χ2n) is 5.24. The third kappa shape index (κ3) is 3.80. The predicted octanol–water partition coefficient (Wildman–Crippen LogP) is 4.51. The highest BCUT2D eigenvalue weighted by Crippen LogP contribution is 2.23. The summed E-state index contributed by atoms with van der Waals surface area (Å²) in [4.78, 5) is 5.64. The Bertz CT molecular complexity index is 865. The molecule has 0 amide bonds. The van der Waals surface area contributed by atoms with Crippen LogP contribution in [0.2, 0.25) is 0 Å². The first-order valence-corrected chi connectivity index (χ1v) is 9.01. The van der Waals surface area contributed by atoms with Gasteiger partial charge in [-0.1, -0.05) is 40.2 Å². The zero-order valence-electron chi connectivity index (χ0n) is 12.7. The van der Waals surface area contributed by atoms with Crippen molar-refractivity contribution in [1.29, 1.82) is 0 Å². The van der Waals surface area contributed by atoms with E-state index < -0.39 is 0 Å². The Hall–Kier alpha value is -1.69. The van der Waals surface area contributed by atoms with Crippen molar-refractivity contribution in [1.82, 2.24) is 4.57 Å². The Balaban J connectivity index is 2.10. The van der Waals surface area contributed by atoms with E-state index in [0.29, 0.717) is 6.54 Å². The van der Waals surface area contributed by atoms with Gasteiger partial charge in [-0.3, -0.25) is 0 Å². The Morgan fingerprint density at radius 1 is 1.17 bits per heavy atom. The molecular formula is C18H17BrN2OS. The van der Waals surface area contributed by atoms with E-state index >= 15 is 0 Å². The average Bonchev–Trinajstić information content (AvgIpc) is 2.91. The highest BCUT2D eigenvalue weighted by molar-refractivity contribution is 9.10. The van der Waals surface area contributed by atoms with Crippen molar-refractivity contribution in [3.8, 4) is 11.3 Å². The van der Waals surface area contributed by atoms with E-state index in [1.165, 1.54) is 5.56 Å². The minimum Gasteiger partial charge on any atom is -0.395 e. The largest absolute Gasteiger partial charge is 0.395 e. The number of aromatic nitrogens is 1. The van der Waals surface area contributed by atoms with Gasteiger partial charge in [0.25, 0.3) is 0 Å². The van der Waals surface area contributed by atoms with E-state index in [1.807, 2.05) is 24.3 Å². The molecule has 1 aromatic heterocycles. The van der Waals surface area contributed by atoms with Gasteiger partial charge in [0.2, 0.25) is 0 Å². The van der Waals surface area contributed by atoms with Gasteiger partial charge < -0.3 is 9.67 Å². The number of benzene rings is 2. The number of rotatable bonds is 4. The molecule has 0 aliphatic carbocycles. The van der Waals surface area contributed by atoms with Gasteiger partial charge in [0.15, 0.2) is 4.80 Å². The van der Waals surface area contributed by atoms with E-state index in [-0.39, 0.29) is 6.61 Å². The Kier molecular flexibility index (Phi) is 5.10. The van der Waals surface area contributed by atoms with Crippen LogP contribution < -0.4 is 4.80 Å². The van der Waals surface area contributed by atoms with Gasteiger partial charge in [-0.2, -0.15) is 0 Å². The first-order valence-electron chi connectivity index (χ1n) is 7.34. The topological polar surface area (TPSA) is 37.5 Å². The van der Waals surface area contributed by atoms with Crippen LogP contribution in [0, 0.1) is 6.92 Å². The summed E-state index contributed by atoms with van der Waals surface area (Å²) in [6, 6.07) is 16.3. The molecule has 3 aromatic rings. The highest BCUT2D eigenvalue weighted by Gasteiger charge is 2.08. The molecule has 23 heavy (non-hydrogen) atoms. The molecule has 118 valence electrons. The molecule has 0 aliphatic rings. The number of halogens is 1. The molecule has 3 rings (SSSR count). The molecule has 0 saturated carbocycles. The Morgan fingerprint density at radius 2 is 1.96 bits per heavy atom. The molecule has 0 spiro atoms. The van der Waals surface area contributed by atoms with Gasteiger partial charge >= 0.3 is 0 Å². The van der Waals surface area contributed by atoms with Gasteiger partial charge in [0.05, 0.1) is 18.0 Å². The normalized spacial score (nSPS) is 11.9. The van der Waals surface area contributed by atoms with Crippen molar-refractivity contribution in [3.05, 3.63) is 68.7 Å². The lowest BCUT2D eigenvalue weighted by molar-refractivity contribution is 0.275. The molecular weight excluding hydrogens is 372 g/mol. The molecule has 0 bridgehead atoms. The number of aliphatic hydroxyl groups excluding tert-OH is 1. The summed E-state index contributed by atoms with van der Waals surface area (Å²) in [5.41, 5.74) is 4.30. The van der Waals surface area contributed by atoms with Crippen LogP contribution in [0.1, 0.15) is 5.56 Å². The van der Waals surface area contributed by atoms with Crippen LogP contribution in [-0.4, -0.2) is 16.3 Å². The number of aliphatic hydroxyl groups is 1. The van der Waals surface area contributed by atoms with Crippen molar-refractivity contribution < 1.29 is 5.11 Å². The summed E-state index contributed by atoms with van der Waals surface area (Å²) in [5, 5.41) is 11.5. The fourth-order valence-electron chi connectivity index (χ4n) is 2.39. The highest BCUT2D eigenvalue weighted by atomic mass is 79.9. The monoisotopic (exact) mass is 388 g/mol. The van der Waals surface area contributed by atoms with Gasteiger partial charge in [0, 0.05) is 16.4 Å². The van der Waals surface area contributed by atoms with E-state index in [2.05, 4.69) is 57.1 Å². The number of hydrogen-bond acceptors (Lipinski definition) is 3. The maximum absolute atomic E-state index is 9.42. The standard InChI is InChI=1S/C18H17BrN2OS/c1-13-3-2-4-16(11-13)20-18-21(9-10-22)17(12-23-18)14-5-7-15(19)8-6-14/h2-8,11-12,22H,9-10H2,1H3. The van der Waals surface area contributed by atoms with E-state index in [1.54, 1.807) is 11.3 Å². The molecule has 1 heterocycles. The molecule has 0 fully saturated rings. The fraction of sp³-hybridized carbons (Fsp3) is 0.167. The first kappa shape index (κ1) is 16.2. The van der Waals surface area contributed by atoms with Crippen molar-refractivity contribution in [2.75, 3.05) is 6.61 Å². The van der Waals surface area contributed by atoms with Crippen molar-refractivity contribution in [2.24, 2.45) is 4.99 Å². The molecule has 1 N–H and O–H groups in total. The lowest BCUT2D eigenvalue weighted by Gasteiger charge is -2.07. The summed E-state index contributed by atoms with van der Waals surface area (Å²) in [7, 11) is 0. The maximum Gasteiger partial charge on any atom is 0.190 e. The third-order valence-electron chi connectivity index (χ3n) is 3.49. The molecule has 0 radical (unpaired) electrons. The Morgan fingerprint density at radius 3 is 2.65 bits per heavy atom. The zero-order valence-corrected chi connectivity index (χ0v) is 15.1. The quantitative estimate of drug-likeness (QED) is 0.701. The molecule has 5 heteroatoms. The number of aryl methyl sites for hydroxylation is 1. The lowest BCUT2D eigenvalue weighted by atomic mass is 10.2. The molecule has 2 aromatic carbocycles. The minimum atomic E-state index is 0.0846. The minimum absolute atomic E-state index is 0.0846. The second kappa shape index (κ2) is 7.25. The van der Waals surface area contributed by atoms with Crippen LogP contribution in [0.25, 0.3) is 11.3 Å². The lowest BCUT2D eigenvalue weighted by Crippen LogP contribution is -2.17. The third-order valence-corrected chi connectivity index (χ3v) is 4.88. The van der Waals surface area contributed by atoms with Crippen LogP contribution in [0.15, 0.2) is 63.4 Å². The average molecular weight is 389 g/mol. The second-order valence-corrected chi connectivity index (χ2v) is 6.99. The number of nitrogens with zero attached hydrogens (tertiary/aromatic N) is 2. The summed E-state index contributed by atoms with van der Waals surface area (Å²) in [6.45, 7) is 2.67. The van der Waals surface area contributed by atoms with Crippen LogP contribution in [0.3, 0.4) is 0 Å². The fourth-order valence-corrected chi connectivity index (χ4v) is 3.61. The number of thiazole rings is 1. The van der Waals surface area contributed by atoms with Gasteiger partial charge in [-0.15, -0.1) is 11.3 Å². The summed E-state index contributed by atoms with van der Waals surface area (Å²) in [6.07, 6.45) is 0. The van der Waals surface area contributed by atoms with Gasteiger partial charge in [0.1, 0.15) is 0 Å². The van der Waals surface area contributed by atoms with Crippen LogP contribution >= 0.6 is 27.3 Å². The molecule has 0 atom stereocenters. The van der Waals surface area contributed by atoms with Crippen LogP contribution in [0.4, 0.5) is 5.69 Å². The van der Waals surface area contributed by atoms with Gasteiger partial charge in [-0.05, 0) is 42.3 Å². The SMILES string of the molecule is Cc1cccc(N=c2scc(-c3ccc(Br)cc3)n2CCO)c1. The van der Waals surface area contributed by atoms with E-state index in [0.717, 1.165) is 26.2 Å². The van der Waals surface area contributed by atoms with Crippen molar-refractivity contribution in [2.45, 2.75) is 13.5 Å². The molecule has 0 saturated heterocycles. The van der Waals surface area contributed by atoms with Crippen molar-refractivity contribution >= 4 is 33.0 Å². The summed E-state index contributed by atoms with van der Waals surface area (Å²) in [5.74, 6) is 0. The van der Waals surface area contributed by atoms with Crippen molar-refractivity contribution in [3.63, 3.8) is 0 Å². The molecule has 0 unspecified atom stereocenters. The summed E-state index contributed by atoms with van der Waals surface area (Å²) >= 11 is 5.05. The van der Waals surface area contributed by atoms with Gasteiger partial charge in [-0.25, -0.2) is 4.99 Å². The maximum atomic E-state index is 9.42. The first-order chi connectivity index (χ1) is 11.2. The Labute approximate surface area is 147 Å². The smallest absolute Gasteiger partial charge is 0.190 e. The number of hydrogen-bond donors (Lipinski definition) is 1. The molecule has 3 nitrogen and oxygen atoms in total. The zero-order chi connectivity index (χ0) is 16.2. The molecule has 0 aliphatic heterocycles. The summed E-state index contributed by atoms with van der Waals surface area (Å²) < 4.78 is 3.12. The van der Waals surface area contributed by atoms with Crippen LogP contribution in [0.5, 0.6) is 0 Å².